The highest BCUT2D eigenvalue weighted by Gasteiger charge is 2.74. The first-order valence-electron chi connectivity index (χ1n) is 7.97. The zero-order valence-corrected chi connectivity index (χ0v) is 12.4. The van der Waals surface area contributed by atoms with Crippen LogP contribution in [0.1, 0.15) is 45.4 Å². The number of carbonyl (C=O) groups is 2. The van der Waals surface area contributed by atoms with Crippen molar-refractivity contribution in [1.82, 2.24) is 4.90 Å². The van der Waals surface area contributed by atoms with Gasteiger partial charge in [0.1, 0.15) is 5.78 Å². The van der Waals surface area contributed by atoms with Crippen LogP contribution < -0.4 is 0 Å². The maximum absolute atomic E-state index is 13.0. The van der Waals surface area contributed by atoms with Gasteiger partial charge in [0.15, 0.2) is 5.78 Å². The van der Waals surface area contributed by atoms with Gasteiger partial charge in [-0.25, -0.2) is 0 Å². The fourth-order valence-corrected chi connectivity index (χ4v) is 6.19. The van der Waals surface area contributed by atoms with Crippen molar-refractivity contribution >= 4 is 11.6 Å². The summed E-state index contributed by atoms with van der Waals surface area (Å²) in [5.74, 6) is 0.951. The Labute approximate surface area is 120 Å². The summed E-state index contributed by atoms with van der Waals surface area (Å²) in [6.07, 6.45) is 7.41. The monoisotopic (exact) mass is 273 g/mol. The zero-order valence-electron chi connectivity index (χ0n) is 12.4. The maximum Gasteiger partial charge on any atom is 0.163 e. The Morgan fingerprint density at radius 2 is 2.00 bits per heavy atom. The number of piperidine rings is 1. The number of hydrogen-bond acceptors (Lipinski definition) is 3. The summed E-state index contributed by atoms with van der Waals surface area (Å²) in [5.41, 5.74) is 0.477. The van der Waals surface area contributed by atoms with Crippen molar-refractivity contribution in [1.29, 1.82) is 0 Å². The van der Waals surface area contributed by atoms with Gasteiger partial charge < -0.3 is 4.90 Å². The lowest BCUT2D eigenvalue weighted by atomic mass is 9.55. The molecule has 1 heterocycles. The molecule has 4 atom stereocenters. The van der Waals surface area contributed by atoms with E-state index in [1.165, 1.54) is 5.57 Å². The van der Waals surface area contributed by atoms with Gasteiger partial charge in [-0.2, -0.15) is 0 Å². The average Bonchev–Trinajstić information content (AvgIpc) is 2.84. The number of rotatable bonds is 0. The largest absolute Gasteiger partial charge is 0.302 e. The van der Waals surface area contributed by atoms with Gasteiger partial charge in [-0.15, -0.1) is 0 Å². The summed E-state index contributed by atoms with van der Waals surface area (Å²) in [6.45, 7) is 3.11. The molecule has 3 nitrogen and oxygen atoms in total. The Bertz CT molecular complexity index is 537. The Balaban J connectivity index is 1.91. The second-order valence-corrected chi connectivity index (χ2v) is 7.46. The highest BCUT2D eigenvalue weighted by atomic mass is 16.1. The third-order valence-electron chi connectivity index (χ3n) is 6.80. The molecule has 1 saturated heterocycles. The number of carbonyl (C=O) groups excluding carboxylic acids is 2. The highest BCUT2D eigenvalue weighted by molar-refractivity contribution is 6.06. The number of hydrogen-bond donors (Lipinski definition) is 0. The molecule has 4 aliphatic rings. The summed E-state index contributed by atoms with van der Waals surface area (Å²) in [6, 6.07) is 0.310. The standard InChI is InChI=1S/C17H23NO2/c1-11-8-12-10-15(20)17-5-3-7-18(2)13(17)4-6-16(12,17)14(19)9-11/h9,12-13H,3-8,10H2,1-2H3/t12-,13+,16+,17-/m0/s1. The second-order valence-electron chi connectivity index (χ2n) is 7.46. The molecule has 3 heteroatoms. The van der Waals surface area contributed by atoms with Crippen molar-refractivity contribution in [2.24, 2.45) is 16.7 Å². The molecule has 0 unspecified atom stereocenters. The van der Waals surface area contributed by atoms with E-state index in [4.69, 9.17) is 0 Å². The van der Waals surface area contributed by atoms with Crippen LogP contribution in [0.3, 0.4) is 0 Å². The van der Waals surface area contributed by atoms with Gasteiger partial charge in [0.25, 0.3) is 0 Å². The molecule has 0 radical (unpaired) electrons. The summed E-state index contributed by atoms with van der Waals surface area (Å²) >= 11 is 0. The first-order valence-corrected chi connectivity index (χ1v) is 7.97. The summed E-state index contributed by atoms with van der Waals surface area (Å²) in [5, 5.41) is 0. The lowest BCUT2D eigenvalue weighted by Gasteiger charge is -2.50. The van der Waals surface area contributed by atoms with E-state index in [2.05, 4.69) is 11.9 Å². The molecular formula is C17H23NO2. The van der Waals surface area contributed by atoms with Crippen molar-refractivity contribution in [3.05, 3.63) is 11.6 Å². The minimum Gasteiger partial charge on any atom is -0.302 e. The smallest absolute Gasteiger partial charge is 0.163 e. The van der Waals surface area contributed by atoms with Crippen LogP contribution in [0.2, 0.25) is 0 Å². The molecule has 0 N–H and O–H groups in total. The number of nitrogens with zero attached hydrogens (tertiary/aromatic N) is 1. The summed E-state index contributed by atoms with van der Waals surface area (Å²) in [4.78, 5) is 28.3. The number of allylic oxidation sites excluding steroid dienone is 2. The zero-order chi connectivity index (χ0) is 14.1. The van der Waals surface area contributed by atoms with Gasteiger partial charge in [0.05, 0.1) is 10.8 Å². The molecule has 4 rings (SSSR count). The maximum atomic E-state index is 13.0. The molecule has 108 valence electrons. The van der Waals surface area contributed by atoms with Crippen molar-refractivity contribution in [3.63, 3.8) is 0 Å². The normalized spacial score (nSPS) is 47.8. The van der Waals surface area contributed by atoms with Crippen LogP contribution in [0.15, 0.2) is 11.6 Å². The molecule has 20 heavy (non-hydrogen) atoms. The second kappa shape index (κ2) is 3.82. The molecular weight excluding hydrogens is 250 g/mol. The molecule has 3 fully saturated rings. The Kier molecular flexibility index (Phi) is 2.44. The van der Waals surface area contributed by atoms with Crippen LogP contribution in [-0.4, -0.2) is 36.1 Å². The molecule has 0 aromatic rings. The van der Waals surface area contributed by atoms with Crippen LogP contribution >= 0.6 is 0 Å². The lowest BCUT2D eigenvalue weighted by Crippen LogP contribution is -2.58. The van der Waals surface area contributed by atoms with E-state index < -0.39 is 0 Å². The number of likely N-dealkylation sites (tertiary alicyclic amines) is 1. The Hall–Kier alpha value is -0.960. The van der Waals surface area contributed by atoms with Crippen molar-refractivity contribution in [3.8, 4) is 0 Å². The van der Waals surface area contributed by atoms with Crippen molar-refractivity contribution < 1.29 is 9.59 Å². The SMILES string of the molecule is CC1=CC(=O)[C@]23CC[C@H]4N(C)CCC[C@@]42C(=O)C[C@@H]3C1. The molecule has 2 spiro atoms. The predicted octanol–water partition coefficient (Wildman–Crippen LogP) is 2.36. The molecule has 1 aliphatic heterocycles. The quantitative estimate of drug-likeness (QED) is 0.680. The van der Waals surface area contributed by atoms with Crippen LogP contribution in [0, 0.1) is 16.7 Å². The topological polar surface area (TPSA) is 37.4 Å². The first-order chi connectivity index (χ1) is 9.52. The van der Waals surface area contributed by atoms with Crippen LogP contribution in [-0.2, 0) is 9.59 Å². The number of Topliss-reactive ketones (excluding diaryl/α,β-unsaturated/α-hetero) is 1. The van der Waals surface area contributed by atoms with Gasteiger partial charge in [-0.3, -0.25) is 9.59 Å². The third kappa shape index (κ3) is 1.18. The first kappa shape index (κ1) is 12.8. The van der Waals surface area contributed by atoms with Crippen LogP contribution in [0.25, 0.3) is 0 Å². The summed E-state index contributed by atoms with van der Waals surface area (Å²) in [7, 11) is 2.14. The Morgan fingerprint density at radius 3 is 2.80 bits per heavy atom. The van der Waals surface area contributed by atoms with Crippen molar-refractivity contribution in [2.45, 2.75) is 51.5 Å². The lowest BCUT2D eigenvalue weighted by molar-refractivity contribution is -0.146. The van der Waals surface area contributed by atoms with Gasteiger partial charge >= 0.3 is 0 Å². The van der Waals surface area contributed by atoms with Gasteiger partial charge in [-0.1, -0.05) is 5.57 Å². The average molecular weight is 273 g/mol. The molecule has 2 saturated carbocycles. The highest BCUT2D eigenvalue weighted by Crippen LogP contribution is 2.70. The molecule has 0 amide bonds. The van der Waals surface area contributed by atoms with E-state index in [1.807, 2.05) is 13.0 Å². The fourth-order valence-electron chi connectivity index (χ4n) is 6.19. The van der Waals surface area contributed by atoms with E-state index in [9.17, 15) is 9.59 Å². The molecule has 0 aromatic carbocycles. The van der Waals surface area contributed by atoms with E-state index in [-0.39, 0.29) is 22.5 Å². The Morgan fingerprint density at radius 1 is 1.20 bits per heavy atom. The van der Waals surface area contributed by atoms with Crippen LogP contribution in [0.5, 0.6) is 0 Å². The van der Waals surface area contributed by atoms with Gasteiger partial charge in [-0.05, 0) is 64.6 Å². The van der Waals surface area contributed by atoms with E-state index in [1.54, 1.807) is 0 Å². The molecule has 3 aliphatic carbocycles. The minimum atomic E-state index is -0.348. The predicted molar refractivity (Wildman–Crippen MR) is 76.2 cm³/mol. The van der Waals surface area contributed by atoms with Crippen molar-refractivity contribution in [2.75, 3.05) is 13.6 Å². The molecule has 0 aromatic heterocycles. The van der Waals surface area contributed by atoms with Crippen LogP contribution in [0.4, 0.5) is 0 Å². The third-order valence-corrected chi connectivity index (χ3v) is 6.80. The number of ketones is 2. The van der Waals surface area contributed by atoms with Gasteiger partial charge in [0, 0.05) is 12.5 Å². The van der Waals surface area contributed by atoms with E-state index in [0.717, 1.165) is 38.6 Å². The minimum absolute atomic E-state index is 0.273. The van der Waals surface area contributed by atoms with E-state index >= 15 is 0 Å². The summed E-state index contributed by atoms with van der Waals surface area (Å²) < 4.78 is 0. The molecule has 0 bridgehead atoms. The fraction of sp³-hybridized carbons (Fsp3) is 0.765. The van der Waals surface area contributed by atoms with Gasteiger partial charge in [0.2, 0.25) is 0 Å². The van der Waals surface area contributed by atoms with E-state index in [0.29, 0.717) is 18.2 Å².